The molecule has 0 heterocycles. The van der Waals surface area contributed by atoms with E-state index in [1.165, 1.54) is 33.5 Å². The lowest BCUT2D eigenvalue weighted by Crippen LogP contribution is -2.26. The number of hydrogen-bond donors (Lipinski definition) is 0. The van der Waals surface area contributed by atoms with Crippen LogP contribution >= 0.6 is 0 Å². The molecule has 0 saturated heterocycles. The van der Waals surface area contributed by atoms with Crippen LogP contribution in [0.5, 0.6) is 0 Å². The van der Waals surface area contributed by atoms with E-state index < -0.39 is 0 Å². The Morgan fingerprint density at radius 2 is 1.19 bits per heavy atom. The van der Waals surface area contributed by atoms with Crippen molar-refractivity contribution in [3.8, 4) is 22.3 Å². The van der Waals surface area contributed by atoms with Crippen LogP contribution < -0.4 is 4.90 Å². The van der Waals surface area contributed by atoms with Crippen LogP contribution in [0.3, 0.4) is 0 Å². The average Bonchev–Trinajstić information content (AvgIpc) is 2.69. The number of hydrogen-bond acceptors (Lipinski definition) is 1. The van der Waals surface area contributed by atoms with Crippen molar-refractivity contribution >= 4 is 5.69 Å². The van der Waals surface area contributed by atoms with Crippen molar-refractivity contribution in [3.05, 3.63) is 78.4 Å². The molecule has 0 aliphatic carbocycles. The van der Waals surface area contributed by atoms with Gasteiger partial charge >= 0.3 is 0 Å². The molecule has 1 nitrogen and oxygen atoms in total. The number of benzene rings is 3. The quantitative estimate of drug-likeness (QED) is 0.448. The lowest BCUT2D eigenvalue weighted by atomic mass is 9.90. The summed E-state index contributed by atoms with van der Waals surface area (Å²) in [7, 11) is 0. The highest BCUT2D eigenvalue weighted by Gasteiger charge is 2.18. The minimum Gasteiger partial charge on any atom is -0.371 e. The lowest BCUT2D eigenvalue weighted by Gasteiger charge is -2.30. The Labute approximate surface area is 158 Å². The second-order valence-corrected chi connectivity index (χ2v) is 6.87. The van der Waals surface area contributed by atoms with Gasteiger partial charge in [-0.15, -0.1) is 0 Å². The fourth-order valence-electron chi connectivity index (χ4n) is 3.73. The normalized spacial score (nSPS) is 10.7. The molecule has 0 N–H and O–H groups in total. The Hall–Kier alpha value is -2.54. The van der Waals surface area contributed by atoms with Crippen LogP contribution in [-0.2, 0) is 0 Å². The molecule has 0 aliphatic heterocycles. The van der Waals surface area contributed by atoms with E-state index in [2.05, 4.69) is 98.5 Å². The van der Waals surface area contributed by atoms with Gasteiger partial charge in [-0.2, -0.15) is 0 Å². The van der Waals surface area contributed by atoms with E-state index in [0.717, 1.165) is 25.9 Å². The highest BCUT2D eigenvalue weighted by molar-refractivity contribution is 5.93. The van der Waals surface area contributed by atoms with Gasteiger partial charge in [0.2, 0.25) is 0 Å². The molecule has 0 amide bonds. The molecule has 0 aromatic heterocycles. The van der Waals surface area contributed by atoms with Crippen LogP contribution in [0.1, 0.15) is 32.3 Å². The summed E-state index contributed by atoms with van der Waals surface area (Å²) < 4.78 is 0. The summed E-state index contributed by atoms with van der Waals surface area (Å²) in [5.74, 6) is 0. The third-order valence-corrected chi connectivity index (χ3v) is 4.83. The van der Waals surface area contributed by atoms with Gasteiger partial charge in [0, 0.05) is 24.3 Å². The number of nitrogens with zero attached hydrogens (tertiary/aromatic N) is 1. The second-order valence-electron chi connectivity index (χ2n) is 6.87. The van der Waals surface area contributed by atoms with Crippen molar-refractivity contribution in [1.82, 2.24) is 0 Å². The van der Waals surface area contributed by atoms with Crippen molar-refractivity contribution in [1.29, 1.82) is 0 Å². The smallest absolute Gasteiger partial charge is 0.0481 e. The molecule has 0 aliphatic rings. The first-order chi connectivity index (χ1) is 12.8. The minimum absolute atomic E-state index is 1.09. The summed E-state index contributed by atoms with van der Waals surface area (Å²) in [6, 6.07) is 26.2. The zero-order valence-corrected chi connectivity index (χ0v) is 16.2. The summed E-state index contributed by atoms with van der Waals surface area (Å²) in [6.07, 6.45) is 2.31. The number of aryl methyl sites for hydroxylation is 1. The van der Waals surface area contributed by atoms with E-state index in [9.17, 15) is 0 Å². The van der Waals surface area contributed by atoms with Crippen LogP contribution in [0.25, 0.3) is 22.3 Å². The van der Waals surface area contributed by atoms with Crippen molar-refractivity contribution in [2.24, 2.45) is 0 Å². The van der Waals surface area contributed by atoms with Gasteiger partial charge < -0.3 is 4.90 Å². The SMILES string of the molecule is CCCN(CCC)c1c(C)ccc(-c2ccccc2)c1-c1ccccc1. The fraction of sp³-hybridized carbons (Fsp3) is 0.280. The van der Waals surface area contributed by atoms with E-state index in [4.69, 9.17) is 0 Å². The molecule has 0 fully saturated rings. The monoisotopic (exact) mass is 343 g/mol. The first-order valence-corrected chi connectivity index (χ1v) is 9.75. The van der Waals surface area contributed by atoms with Gasteiger partial charge in [-0.05, 0) is 42.0 Å². The molecule has 0 radical (unpaired) electrons. The lowest BCUT2D eigenvalue weighted by molar-refractivity contribution is 0.743. The third kappa shape index (κ3) is 3.83. The number of rotatable bonds is 7. The van der Waals surface area contributed by atoms with Crippen LogP contribution in [0.2, 0.25) is 0 Å². The molecule has 0 unspecified atom stereocenters. The maximum Gasteiger partial charge on any atom is 0.0481 e. The van der Waals surface area contributed by atoms with E-state index in [1.54, 1.807) is 0 Å². The molecule has 3 aromatic carbocycles. The van der Waals surface area contributed by atoms with Crippen LogP contribution in [0.4, 0.5) is 5.69 Å². The largest absolute Gasteiger partial charge is 0.371 e. The van der Waals surface area contributed by atoms with E-state index in [0.29, 0.717) is 0 Å². The predicted octanol–water partition coefficient (Wildman–Crippen LogP) is 6.96. The maximum atomic E-state index is 2.57. The Kier molecular flexibility index (Phi) is 6.12. The first kappa shape index (κ1) is 18.3. The summed E-state index contributed by atoms with van der Waals surface area (Å²) >= 11 is 0. The van der Waals surface area contributed by atoms with Crippen molar-refractivity contribution in [2.75, 3.05) is 18.0 Å². The summed E-state index contributed by atoms with van der Waals surface area (Å²) in [5.41, 5.74) is 7.99. The van der Waals surface area contributed by atoms with Crippen molar-refractivity contribution in [2.45, 2.75) is 33.6 Å². The van der Waals surface area contributed by atoms with Crippen LogP contribution in [-0.4, -0.2) is 13.1 Å². The Balaban J connectivity index is 2.28. The third-order valence-electron chi connectivity index (χ3n) is 4.83. The van der Waals surface area contributed by atoms with Crippen LogP contribution in [0.15, 0.2) is 72.8 Å². The van der Waals surface area contributed by atoms with Gasteiger partial charge in [0.05, 0.1) is 0 Å². The topological polar surface area (TPSA) is 3.24 Å². The zero-order valence-electron chi connectivity index (χ0n) is 16.2. The molecule has 134 valence electrons. The summed E-state index contributed by atoms with van der Waals surface area (Å²) in [4.78, 5) is 2.57. The molecule has 3 rings (SSSR count). The van der Waals surface area contributed by atoms with Crippen LogP contribution in [0, 0.1) is 6.92 Å². The molecule has 0 bridgehead atoms. The van der Waals surface area contributed by atoms with Crippen molar-refractivity contribution in [3.63, 3.8) is 0 Å². The van der Waals surface area contributed by atoms with Gasteiger partial charge in [-0.1, -0.05) is 86.6 Å². The number of anilines is 1. The summed E-state index contributed by atoms with van der Waals surface area (Å²) in [5, 5.41) is 0. The molecule has 1 heteroatoms. The molecular weight excluding hydrogens is 314 g/mol. The van der Waals surface area contributed by atoms with E-state index >= 15 is 0 Å². The van der Waals surface area contributed by atoms with E-state index in [1.807, 2.05) is 0 Å². The molecule has 26 heavy (non-hydrogen) atoms. The van der Waals surface area contributed by atoms with Gasteiger partial charge in [0.25, 0.3) is 0 Å². The van der Waals surface area contributed by atoms with E-state index in [-0.39, 0.29) is 0 Å². The van der Waals surface area contributed by atoms with Gasteiger partial charge in [-0.3, -0.25) is 0 Å². The van der Waals surface area contributed by atoms with Gasteiger partial charge in [0.1, 0.15) is 0 Å². The Morgan fingerprint density at radius 1 is 0.654 bits per heavy atom. The molecule has 0 atom stereocenters. The van der Waals surface area contributed by atoms with Crippen molar-refractivity contribution < 1.29 is 0 Å². The Morgan fingerprint density at radius 3 is 1.73 bits per heavy atom. The predicted molar refractivity (Wildman–Crippen MR) is 115 cm³/mol. The Bertz CT molecular complexity index is 816. The van der Waals surface area contributed by atoms with Gasteiger partial charge in [0.15, 0.2) is 0 Å². The molecule has 0 saturated carbocycles. The first-order valence-electron chi connectivity index (χ1n) is 9.75. The highest BCUT2D eigenvalue weighted by Crippen LogP contribution is 2.41. The maximum absolute atomic E-state index is 2.57. The molecular formula is C25H29N. The minimum atomic E-state index is 1.09. The average molecular weight is 344 g/mol. The standard InChI is InChI=1S/C25H29N/c1-4-18-26(19-5-2)25-20(3)16-17-23(21-12-8-6-9-13-21)24(25)22-14-10-7-11-15-22/h6-17H,4-5,18-19H2,1-3H3. The second kappa shape index (κ2) is 8.71. The zero-order chi connectivity index (χ0) is 18.4. The van der Waals surface area contributed by atoms with Gasteiger partial charge in [-0.25, -0.2) is 0 Å². The fourth-order valence-corrected chi connectivity index (χ4v) is 3.73. The summed E-state index contributed by atoms with van der Waals surface area (Å²) in [6.45, 7) is 8.96. The molecule has 3 aromatic rings. The molecule has 0 spiro atoms. The highest BCUT2D eigenvalue weighted by atomic mass is 15.1.